The normalized spacial score (nSPS) is 20.1. The van der Waals surface area contributed by atoms with Gasteiger partial charge in [0.25, 0.3) is 0 Å². The number of amides is 1. The molecule has 0 spiro atoms. The zero-order valence-electron chi connectivity index (χ0n) is 19.7. The van der Waals surface area contributed by atoms with Gasteiger partial charge in [-0.15, -0.1) is 0 Å². The lowest BCUT2D eigenvalue weighted by molar-refractivity contribution is -0.120. The third kappa shape index (κ3) is 6.05. The number of benzene rings is 2. The molecule has 0 bridgehead atoms. The van der Waals surface area contributed by atoms with Crippen LogP contribution in [-0.2, 0) is 22.5 Å². The Hall–Kier alpha value is -3.29. The average molecular weight is 476 g/mol. The molecular formula is C28H30FN3O3. The summed E-state index contributed by atoms with van der Waals surface area (Å²) in [6.07, 6.45) is 3.84. The molecule has 0 radical (unpaired) electrons. The highest BCUT2D eigenvalue weighted by Crippen LogP contribution is 2.32. The number of pyridine rings is 1. The number of carbonyl (C=O) groups is 1. The molecular weight excluding hydrogens is 445 g/mol. The maximum Gasteiger partial charge on any atom is 0.226 e. The van der Waals surface area contributed by atoms with Gasteiger partial charge in [0.2, 0.25) is 5.91 Å². The average Bonchev–Trinajstić information content (AvgIpc) is 2.87. The van der Waals surface area contributed by atoms with Crippen LogP contribution in [0.5, 0.6) is 5.75 Å². The molecule has 2 fully saturated rings. The largest absolute Gasteiger partial charge is 0.490 e. The van der Waals surface area contributed by atoms with E-state index in [-0.39, 0.29) is 24.2 Å². The van der Waals surface area contributed by atoms with Crippen LogP contribution in [0.1, 0.15) is 24.1 Å². The predicted octanol–water partition coefficient (Wildman–Crippen LogP) is 3.99. The van der Waals surface area contributed by atoms with Crippen molar-refractivity contribution in [3.05, 3.63) is 83.9 Å². The zero-order valence-corrected chi connectivity index (χ0v) is 19.7. The summed E-state index contributed by atoms with van der Waals surface area (Å²) >= 11 is 0. The van der Waals surface area contributed by atoms with Crippen LogP contribution >= 0.6 is 0 Å². The maximum atomic E-state index is 14.9. The summed E-state index contributed by atoms with van der Waals surface area (Å²) in [7, 11) is 0. The Bertz CT molecular complexity index is 1130. The first-order valence-corrected chi connectivity index (χ1v) is 12.2. The Morgan fingerprint density at radius 3 is 2.60 bits per heavy atom. The monoisotopic (exact) mass is 475 g/mol. The van der Waals surface area contributed by atoms with Crippen molar-refractivity contribution in [2.45, 2.75) is 38.0 Å². The van der Waals surface area contributed by atoms with Crippen molar-refractivity contribution in [1.82, 2.24) is 15.2 Å². The molecule has 0 unspecified atom stereocenters. The number of halogens is 1. The number of hydrogen-bond acceptors (Lipinski definition) is 5. The van der Waals surface area contributed by atoms with Crippen LogP contribution in [0.2, 0.25) is 0 Å². The van der Waals surface area contributed by atoms with E-state index in [4.69, 9.17) is 9.47 Å². The van der Waals surface area contributed by atoms with Crippen LogP contribution in [-0.4, -0.2) is 54.2 Å². The van der Waals surface area contributed by atoms with Gasteiger partial charge in [-0.05, 0) is 23.8 Å². The minimum Gasteiger partial charge on any atom is -0.490 e. The summed E-state index contributed by atoms with van der Waals surface area (Å²) < 4.78 is 26.3. The van der Waals surface area contributed by atoms with E-state index in [2.05, 4.69) is 15.2 Å². The van der Waals surface area contributed by atoms with E-state index in [1.807, 2.05) is 36.4 Å². The molecule has 35 heavy (non-hydrogen) atoms. The zero-order chi connectivity index (χ0) is 24.0. The second-order valence-corrected chi connectivity index (χ2v) is 9.13. The molecule has 7 heteroatoms. The predicted molar refractivity (Wildman–Crippen MR) is 131 cm³/mol. The molecule has 2 aromatic carbocycles. The highest BCUT2D eigenvalue weighted by Gasteiger charge is 2.35. The van der Waals surface area contributed by atoms with Crippen LogP contribution < -0.4 is 10.1 Å². The van der Waals surface area contributed by atoms with Crippen molar-refractivity contribution in [2.24, 2.45) is 0 Å². The van der Waals surface area contributed by atoms with Crippen molar-refractivity contribution >= 4 is 5.91 Å². The first-order chi connectivity index (χ1) is 17.1. The van der Waals surface area contributed by atoms with Crippen LogP contribution in [0.4, 0.5) is 4.39 Å². The van der Waals surface area contributed by atoms with E-state index in [9.17, 15) is 9.18 Å². The van der Waals surface area contributed by atoms with Gasteiger partial charge in [0.15, 0.2) is 0 Å². The number of aromatic nitrogens is 1. The second kappa shape index (κ2) is 11.0. The Morgan fingerprint density at radius 1 is 1.09 bits per heavy atom. The first-order valence-electron chi connectivity index (χ1n) is 12.2. The lowest BCUT2D eigenvalue weighted by Crippen LogP contribution is -2.52. The fourth-order valence-electron chi connectivity index (χ4n) is 4.58. The Morgan fingerprint density at radius 2 is 1.89 bits per heavy atom. The number of nitrogens with zero attached hydrogens (tertiary/aromatic N) is 2. The molecule has 2 heterocycles. The third-order valence-corrected chi connectivity index (χ3v) is 6.69. The van der Waals surface area contributed by atoms with Crippen molar-refractivity contribution in [3.63, 3.8) is 0 Å². The van der Waals surface area contributed by atoms with E-state index < -0.39 is 0 Å². The van der Waals surface area contributed by atoms with Gasteiger partial charge >= 0.3 is 0 Å². The van der Waals surface area contributed by atoms with Gasteiger partial charge in [0, 0.05) is 67.6 Å². The Labute approximate surface area is 205 Å². The van der Waals surface area contributed by atoms with Gasteiger partial charge in [-0.3, -0.25) is 14.7 Å². The molecule has 1 saturated heterocycles. The van der Waals surface area contributed by atoms with E-state index in [1.54, 1.807) is 24.4 Å². The maximum absolute atomic E-state index is 14.9. The van der Waals surface area contributed by atoms with Crippen molar-refractivity contribution in [1.29, 1.82) is 0 Å². The number of ether oxygens (including phenoxy) is 2. The van der Waals surface area contributed by atoms with Crippen molar-refractivity contribution in [3.8, 4) is 16.9 Å². The van der Waals surface area contributed by atoms with E-state index in [0.29, 0.717) is 35.2 Å². The highest BCUT2D eigenvalue weighted by atomic mass is 19.1. The smallest absolute Gasteiger partial charge is 0.226 e. The number of rotatable bonds is 8. The van der Waals surface area contributed by atoms with Gasteiger partial charge in [-0.2, -0.15) is 0 Å². The van der Waals surface area contributed by atoms with E-state index in [0.717, 1.165) is 44.7 Å². The lowest BCUT2D eigenvalue weighted by Gasteiger charge is -2.44. The molecule has 1 aliphatic carbocycles. The molecule has 3 aromatic rings. The lowest BCUT2D eigenvalue weighted by atomic mass is 9.87. The van der Waals surface area contributed by atoms with Gasteiger partial charge < -0.3 is 14.8 Å². The molecule has 0 atom stereocenters. The van der Waals surface area contributed by atoms with Crippen molar-refractivity contribution < 1.29 is 18.7 Å². The van der Waals surface area contributed by atoms with Crippen LogP contribution in [0, 0.1) is 5.82 Å². The van der Waals surface area contributed by atoms with Crippen LogP contribution in [0.3, 0.4) is 0 Å². The van der Waals surface area contributed by atoms with Gasteiger partial charge in [-0.25, -0.2) is 4.39 Å². The number of morpholine rings is 1. The fraction of sp³-hybridized carbons (Fsp3) is 0.357. The number of hydrogen-bond donors (Lipinski definition) is 1. The number of carbonyl (C=O) groups excluding carboxylic acids is 1. The number of nitrogens with one attached hydrogen (secondary N) is 1. The summed E-state index contributed by atoms with van der Waals surface area (Å²) in [5.41, 5.74) is 2.81. The highest BCUT2D eigenvalue weighted by molar-refractivity contribution is 5.78. The quantitative estimate of drug-likeness (QED) is 0.534. The SMILES string of the molecule is O=C(Cc1ccc(-c2ccc(O[C@H]3C[C@H](N4CCOCC4)C3)cc2F)cn1)NCc1ccccc1. The molecule has 1 N–H and O–H groups in total. The minimum atomic E-state index is -0.346. The summed E-state index contributed by atoms with van der Waals surface area (Å²) in [5.74, 6) is 0.103. The molecule has 1 aromatic heterocycles. The van der Waals surface area contributed by atoms with Gasteiger partial charge in [0.1, 0.15) is 17.7 Å². The standard InChI is InChI=1S/C28H30FN3O3/c29-27-17-24(35-25-15-23(16-25)32-10-12-34-13-11-32)8-9-26(27)21-6-7-22(30-19-21)14-28(33)31-18-20-4-2-1-3-5-20/h1-9,17,19,23,25H,10-16,18H2,(H,31,33)/t23-,25-. The van der Waals surface area contributed by atoms with Crippen LogP contribution in [0.15, 0.2) is 66.9 Å². The molecule has 5 rings (SSSR count). The molecule has 1 aliphatic heterocycles. The van der Waals surface area contributed by atoms with Crippen LogP contribution in [0.25, 0.3) is 11.1 Å². The second-order valence-electron chi connectivity index (χ2n) is 9.13. The van der Waals surface area contributed by atoms with Gasteiger partial charge in [0.05, 0.1) is 19.6 Å². The fourth-order valence-corrected chi connectivity index (χ4v) is 4.58. The van der Waals surface area contributed by atoms with E-state index in [1.165, 1.54) is 6.07 Å². The Kier molecular flexibility index (Phi) is 7.35. The summed E-state index contributed by atoms with van der Waals surface area (Å²) in [6, 6.07) is 18.8. The molecule has 182 valence electrons. The summed E-state index contributed by atoms with van der Waals surface area (Å²) in [6.45, 7) is 4.03. The third-order valence-electron chi connectivity index (χ3n) is 6.69. The topological polar surface area (TPSA) is 63.7 Å². The molecule has 6 nitrogen and oxygen atoms in total. The molecule has 2 aliphatic rings. The van der Waals surface area contributed by atoms with Crippen molar-refractivity contribution in [2.75, 3.05) is 26.3 Å². The first kappa shape index (κ1) is 23.5. The molecule has 1 amide bonds. The Balaban J connectivity index is 1.12. The van der Waals surface area contributed by atoms with E-state index >= 15 is 0 Å². The summed E-state index contributed by atoms with van der Waals surface area (Å²) in [4.78, 5) is 19.0. The minimum absolute atomic E-state index is 0.103. The molecule has 1 saturated carbocycles. The van der Waals surface area contributed by atoms with Gasteiger partial charge in [-0.1, -0.05) is 36.4 Å². The summed E-state index contributed by atoms with van der Waals surface area (Å²) in [5, 5.41) is 2.89.